The Morgan fingerprint density at radius 2 is 1.75 bits per heavy atom. The molecule has 2 nitrogen and oxygen atoms in total. The molecule has 16 heavy (non-hydrogen) atoms. The van der Waals surface area contributed by atoms with E-state index in [4.69, 9.17) is 0 Å². The van der Waals surface area contributed by atoms with Gasteiger partial charge in [-0.05, 0) is 38.1 Å². The van der Waals surface area contributed by atoms with Gasteiger partial charge in [-0.15, -0.1) is 0 Å². The highest BCUT2D eigenvalue weighted by Gasteiger charge is 2.09. The first-order valence-electron chi connectivity index (χ1n) is 5.08. The molecule has 0 saturated heterocycles. The molecule has 0 fully saturated rings. The zero-order chi connectivity index (χ0) is 11.5. The van der Waals surface area contributed by atoms with Crippen molar-refractivity contribution in [2.75, 3.05) is 0 Å². The molecule has 3 heteroatoms. The summed E-state index contributed by atoms with van der Waals surface area (Å²) in [5, 5.41) is 0. The normalized spacial score (nSPS) is 12.4. The van der Waals surface area contributed by atoms with Crippen LogP contribution in [0.25, 0.3) is 0 Å². The topological polar surface area (TPSA) is 30.0 Å². The third kappa shape index (κ3) is 2.19. The molecule has 0 N–H and O–H groups in total. The summed E-state index contributed by atoms with van der Waals surface area (Å²) in [5.41, 5.74) is 1.99. The minimum Gasteiger partial charge on any atom is -0.260 e. The van der Waals surface area contributed by atoms with Gasteiger partial charge in [-0.25, -0.2) is 4.21 Å². The molecule has 1 atom stereocenters. The Labute approximate surface area is 97.8 Å². The van der Waals surface area contributed by atoms with Gasteiger partial charge in [0, 0.05) is 11.1 Å². The number of aromatic nitrogens is 1. The van der Waals surface area contributed by atoms with E-state index in [2.05, 4.69) is 4.98 Å². The maximum Gasteiger partial charge on any atom is 0.0868 e. The van der Waals surface area contributed by atoms with E-state index in [1.54, 1.807) is 6.20 Å². The van der Waals surface area contributed by atoms with Crippen LogP contribution in [0.4, 0.5) is 0 Å². The second-order valence-corrected chi connectivity index (χ2v) is 5.12. The lowest BCUT2D eigenvalue weighted by Crippen LogP contribution is -1.97. The fraction of sp³-hybridized carbons (Fsp3) is 0.154. The van der Waals surface area contributed by atoms with Crippen LogP contribution in [0.1, 0.15) is 11.3 Å². The fourth-order valence-corrected chi connectivity index (χ4v) is 2.61. The summed E-state index contributed by atoms with van der Waals surface area (Å²) in [4.78, 5) is 5.75. The van der Waals surface area contributed by atoms with E-state index >= 15 is 0 Å². The molecule has 2 rings (SSSR count). The van der Waals surface area contributed by atoms with E-state index < -0.39 is 10.8 Å². The maximum absolute atomic E-state index is 12.2. The Bertz CT molecular complexity index is 520. The molecule has 0 bridgehead atoms. The molecule has 0 amide bonds. The molecular weight excluding hydrogens is 218 g/mol. The summed E-state index contributed by atoms with van der Waals surface area (Å²) >= 11 is 0. The van der Waals surface area contributed by atoms with E-state index in [0.29, 0.717) is 0 Å². The van der Waals surface area contributed by atoms with Crippen LogP contribution in [0.3, 0.4) is 0 Å². The van der Waals surface area contributed by atoms with Crippen molar-refractivity contribution in [1.29, 1.82) is 0 Å². The molecule has 2 aromatic rings. The predicted octanol–water partition coefficient (Wildman–Crippen LogP) is 2.87. The van der Waals surface area contributed by atoms with Gasteiger partial charge in [-0.1, -0.05) is 17.7 Å². The summed E-state index contributed by atoms with van der Waals surface area (Å²) in [6, 6.07) is 11.4. The first-order valence-corrected chi connectivity index (χ1v) is 6.23. The first kappa shape index (κ1) is 11.0. The Morgan fingerprint density at radius 3 is 2.38 bits per heavy atom. The van der Waals surface area contributed by atoms with E-state index in [-0.39, 0.29) is 0 Å². The van der Waals surface area contributed by atoms with Crippen LogP contribution in [-0.2, 0) is 10.8 Å². The summed E-state index contributed by atoms with van der Waals surface area (Å²) in [6.45, 7) is 3.89. The number of aryl methyl sites for hydroxylation is 2. The maximum atomic E-state index is 12.2. The molecule has 0 aliphatic heterocycles. The first-order chi connectivity index (χ1) is 7.68. The van der Waals surface area contributed by atoms with Crippen molar-refractivity contribution in [3.05, 3.63) is 53.9 Å². The molecule has 1 heterocycles. The van der Waals surface area contributed by atoms with Gasteiger partial charge in [-0.2, -0.15) is 0 Å². The van der Waals surface area contributed by atoms with Crippen LogP contribution in [0.2, 0.25) is 0 Å². The van der Waals surface area contributed by atoms with Gasteiger partial charge in [0.15, 0.2) is 0 Å². The standard InChI is InChI=1S/C13H13NOS/c1-10-5-7-12(8-6-10)16(15)13-4-3-9-14-11(13)2/h3-9H,1-2H3. The number of nitrogens with zero attached hydrogens (tertiary/aromatic N) is 1. The highest BCUT2D eigenvalue weighted by atomic mass is 32.2. The largest absolute Gasteiger partial charge is 0.260 e. The zero-order valence-corrected chi connectivity index (χ0v) is 10.1. The number of pyridine rings is 1. The molecular formula is C13H13NOS. The highest BCUT2D eigenvalue weighted by Crippen LogP contribution is 2.18. The number of benzene rings is 1. The van der Waals surface area contributed by atoms with Crippen LogP contribution < -0.4 is 0 Å². The molecule has 82 valence electrons. The van der Waals surface area contributed by atoms with E-state index in [1.165, 1.54) is 5.56 Å². The van der Waals surface area contributed by atoms with Gasteiger partial charge in [0.25, 0.3) is 0 Å². The quantitative estimate of drug-likeness (QED) is 0.795. The van der Waals surface area contributed by atoms with Crippen molar-refractivity contribution in [1.82, 2.24) is 4.98 Å². The second kappa shape index (κ2) is 4.58. The van der Waals surface area contributed by atoms with Crippen LogP contribution in [-0.4, -0.2) is 9.19 Å². The highest BCUT2D eigenvalue weighted by molar-refractivity contribution is 7.85. The molecule has 0 aliphatic carbocycles. The average Bonchev–Trinajstić information content (AvgIpc) is 2.30. The Balaban J connectivity index is 2.40. The minimum absolute atomic E-state index is 0.784. The molecule has 1 aromatic heterocycles. The lowest BCUT2D eigenvalue weighted by atomic mass is 10.2. The SMILES string of the molecule is Cc1ccc(S(=O)c2cccnc2C)cc1. The van der Waals surface area contributed by atoms with Crippen molar-refractivity contribution in [2.24, 2.45) is 0 Å². The lowest BCUT2D eigenvalue weighted by molar-refractivity contribution is 0.682. The predicted molar refractivity (Wildman–Crippen MR) is 64.8 cm³/mol. The number of rotatable bonds is 2. The Morgan fingerprint density at radius 1 is 1.06 bits per heavy atom. The van der Waals surface area contributed by atoms with Gasteiger partial charge >= 0.3 is 0 Å². The van der Waals surface area contributed by atoms with Crippen LogP contribution in [0, 0.1) is 13.8 Å². The van der Waals surface area contributed by atoms with Gasteiger partial charge in [0.2, 0.25) is 0 Å². The summed E-state index contributed by atoms with van der Waals surface area (Å²) < 4.78 is 12.2. The van der Waals surface area contributed by atoms with Gasteiger partial charge in [-0.3, -0.25) is 4.98 Å². The fourth-order valence-electron chi connectivity index (χ4n) is 1.45. The molecule has 0 radical (unpaired) electrons. The van der Waals surface area contributed by atoms with Gasteiger partial charge < -0.3 is 0 Å². The molecule has 0 saturated carbocycles. The van der Waals surface area contributed by atoms with Gasteiger partial charge in [0.1, 0.15) is 0 Å². The lowest BCUT2D eigenvalue weighted by Gasteiger charge is -2.04. The molecule has 0 spiro atoms. The van der Waals surface area contributed by atoms with Crippen molar-refractivity contribution in [2.45, 2.75) is 23.6 Å². The van der Waals surface area contributed by atoms with Crippen LogP contribution >= 0.6 is 0 Å². The minimum atomic E-state index is -1.13. The summed E-state index contributed by atoms with van der Waals surface area (Å²) in [6.07, 6.45) is 1.71. The molecule has 1 aromatic carbocycles. The number of hydrogen-bond acceptors (Lipinski definition) is 2. The van der Waals surface area contributed by atoms with Crippen LogP contribution in [0.15, 0.2) is 52.4 Å². The third-order valence-corrected chi connectivity index (χ3v) is 3.92. The van der Waals surface area contributed by atoms with Crippen molar-refractivity contribution in [3.8, 4) is 0 Å². The summed E-state index contributed by atoms with van der Waals surface area (Å²) in [7, 11) is -1.13. The van der Waals surface area contributed by atoms with Crippen molar-refractivity contribution < 1.29 is 4.21 Å². The van der Waals surface area contributed by atoms with Crippen molar-refractivity contribution in [3.63, 3.8) is 0 Å². The van der Waals surface area contributed by atoms with Crippen molar-refractivity contribution >= 4 is 10.8 Å². The van der Waals surface area contributed by atoms with E-state index in [9.17, 15) is 4.21 Å². The van der Waals surface area contributed by atoms with Crippen LogP contribution in [0.5, 0.6) is 0 Å². The molecule has 1 unspecified atom stereocenters. The Kier molecular flexibility index (Phi) is 3.15. The third-order valence-electron chi connectivity index (χ3n) is 2.39. The van der Waals surface area contributed by atoms with Gasteiger partial charge in [0.05, 0.1) is 21.4 Å². The smallest absolute Gasteiger partial charge is 0.0868 e. The zero-order valence-electron chi connectivity index (χ0n) is 9.31. The van der Waals surface area contributed by atoms with E-state index in [1.807, 2.05) is 50.2 Å². The summed E-state index contributed by atoms with van der Waals surface area (Å²) in [5.74, 6) is 0. The Hall–Kier alpha value is -1.48. The van der Waals surface area contributed by atoms with E-state index in [0.717, 1.165) is 15.5 Å². The monoisotopic (exact) mass is 231 g/mol. The second-order valence-electron chi connectivity index (χ2n) is 3.67. The number of hydrogen-bond donors (Lipinski definition) is 0. The average molecular weight is 231 g/mol. The molecule has 0 aliphatic rings.